The van der Waals surface area contributed by atoms with E-state index in [2.05, 4.69) is 57.2 Å². The van der Waals surface area contributed by atoms with Crippen molar-refractivity contribution in [2.24, 2.45) is 16.7 Å². The van der Waals surface area contributed by atoms with Crippen molar-refractivity contribution in [2.45, 2.75) is 38.5 Å². The zero-order chi connectivity index (χ0) is 12.1. The Balaban J connectivity index is 1.90. The smallest absolute Gasteiger partial charge is 0.0119 e. The summed E-state index contributed by atoms with van der Waals surface area (Å²) in [6.07, 6.45) is 5.28. The molecule has 3 rings (SSSR count). The lowest BCUT2D eigenvalue weighted by Gasteiger charge is -2.37. The molecule has 2 bridgehead atoms. The van der Waals surface area contributed by atoms with Crippen molar-refractivity contribution in [2.75, 3.05) is 0 Å². The van der Waals surface area contributed by atoms with Crippen LogP contribution in [-0.2, 0) is 0 Å². The molecule has 0 heterocycles. The van der Waals surface area contributed by atoms with Gasteiger partial charge in [0.05, 0.1) is 0 Å². The van der Waals surface area contributed by atoms with Crippen molar-refractivity contribution >= 4 is 11.8 Å². The van der Waals surface area contributed by atoms with E-state index in [1.54, 1.807) is 4.91 Å². The van der Waals surface area contributed by atoms with Gasteiger partial charge in [0, 0.05) is 10.3 Å². The standard InChI is InChI=1S/C16H20S/c1-15(2)12-9-10-16(15,3)14(11-12)17-13-7-5-4-6-8-13/h4-8,11-12H,9-10H2,1-3H3/t12-,16+/m1/s1. The molecular weight excluding hydrogens is 224 g/mol. The molecule has 0 aliphatic heterocycles. The summed E-state index contributed by atoms with van der Waals surface area (Å²) in [6, 6.07) is 10.8. The van der Waals surface area contributed by atoms with Crippen molar-refractivity contribution in [1.82, 2.24) is 0 Å². The molecule has 0 aromatic heterocycles. The monoisotopic (exact) mass is 244 g/mol. The summed E-state index contributed by atoms with van der Waals surface area (Å²) in [5, 5.41) is 0. The van der Waals surface area contributed by atoms with Crippen LogP contribution in [0.3, 0.4) is 0 Å². The highest BCUT2D eigenvalue weighted by Gasteiger charge is 2.57. The summed E-state index contributed by atoms with van der Waals surface area (Å²) >= 11 is 1.98. The second-order valence-electron chi connectivity index (χ2n) is 6.14. The molecule has 0 unspecified atom stereocenters. The third-order valence-corrected chi connectivity index (χ3v) is 6.49. The minimum atomic E-state index is 0.401. The average Bonchev–Trinajstić information content (AvgIpc) is 2.63. The van der Waals surface area contributed by atoms with Crippen LogP contribution in [-0.4, -0.2) is 0 Å². The van der Waals surface area contributed by atoms with E-state index >= 15 is 0 Å². The van der Waals surface area contributed by atoms with Crippen molar-refractivity contribution in [3.05, 3.63) is 41.3 Å². The lowest BCUT2D eigenvalue weighted by molar-refractivity contribution is 0.179. The Morgan fingerprint density at radius 1 is 1.12 bits per heavy atom. The third-order valence-electron chi connectivity index (χ3n) is 5.17. The molecule has 2 atom stereocenters. The van der Waals surface area contributed by atoms with E-state index in [1.165, 1.54) is 17.7 Å². The first-order valence-electron chi connectivity index (χ1n) is 6.49. The fourth-order valence-corrected chi connectivity index (χ4v) is 4.77. The number of benzene rings is 1. The predicted octanol–water partition coefficient (Wildman–Crippen LogP) is 5.12. The van der Waals surface area contributed by atoms with Crippen molar-refractivity contribution in [1.29, 1.82) is 0 Å². The molecule has 2 aliphatic carbocycles. The summed E-state index contributed by atoms with van der Waals surface area (Å²) in [5.41, 5.74) is 0.849. The highest BCUT2D eigenvalue weighted by Crippen LogP contribution is 2.67. The normalized spacial score (nSPS) is 33.8. The molecule has 1 aromatic rings. The third kappa shape index (κ3) is 1.52. The van der Waals surface area contributed by atoms with E-state index in [0.29, 0.717) is 10.8 Å². The fraction of sp³-hybridized carbons (Fsp3) is 0.500. The van der Waals surface area contributed by atoms with Crippen molar-refractivity contribution < 1.29 is 0 Å². The molecule has 0 spiro atoms. The van der Waals surface area contributed by atoms with Gasteiger partial charge in [-0.25, -0.2) is 0 Å². The first-order chi connectivity index (χ1) is 8.04. The second-order valence-corrected chi connectivity index (χ2v) is 7.26. The first-order valence-corrected chi connectivity index (χ1v) is 7.31. The summed E-state index contributed by atoms with van der Waals surface area (Å²) in [5.74, 6) is 0.790. The van der Waals surface area contributed by atoms with Crippen molar-refractivity contribution in [3.8, 4) is 0 Å². The largest absolute Gasteiger partial charge is 0.0943 e. The van der Waals surface area contributed by atoms with Gasteiger partial charge in [-0.05, 0) is 41.2 Å². The van der Waals surface area contributed by atoms with E-state index in [4.69, 9.17) is 0 Å². The van der Waals surface area contributed by atoms with Gasteiger partial charge >= 0.3 is 0 Å². The van der Waals surface area contributed by atoms with E-state index in [0.717, 1.165) is 5.92 Å². The maximum atomic E-state index is 2.54. The van der Waals surface area contributed by atoms with Gasteiger partial charge in [0.25, 0.3) is 0 Å². The highest BCUT2D eigenvalue weighted by molar-refractivity contribution is 8.03. The number of thioether (sulfide) groups is 1. The van der Waals surface area contributed by atoms with Gasteiger partial charge in [-0.3, -0.25) is 0 Å². The molecule has 0 nitrogen and oxygen atoms in total. The molecule has 1 heteroatoms. The summed E-state index contributed by atoms with van der Waals surface area (Å²) < 4.78 is 0. The van der Waals surface area contributed by atoms with Crippen LogP contribution in [0.5, 0.6) is 0 Å². The minimum absolute atomic E-state index is 0.401. The quantitative estimate of drug-likeness (QED) is 0.696. The van der Waals surface area contributed by atoms with E-state index in [-0.39, 0.29) is 0 Å². The van der Waals surface area contributed by atoms with Crippen LogP contribution in [0, 0.1) is 16.7 Å². The molecule has 0 radical (unpaired) electrons. The van der Waals surface area contributed by atoms with Gasteiger partial charge in [-0.15, -0.1) is 0 Å². The Kier molecular flexibility index (Phi) is 2.45. The lowest BCUT2D eigenvalue weighted by Crippen LogP contribution is -2.29. The molecule has 0 amide bonds. The molecule has 0 saturated heterocycles. The van der Waals surface area contributed by atoms with E-state index < -0.39 is 0 Å². The van der Waals surface area contributed by atoms with E-state index in [1.807, 2.05) is 11.8 Å². The van der Waals surface area contributed by atoms with Crippen LogP contribution in [0.1, 0.15) is 33.6 Å². The number of hydrogen-bond acceptors (Lipinski definition) is 1. The first kappa shape index (κ1) is 11.4. The summed E-state index contributed by atoms with van der Waals surface area (Å²) in [6.45, 7) is 7.35. The van der Waals surface area contributed by atoms with Gasteiger partial charge < -0.3 is 0 Å². The molecule has 2 aliphatic rings. The summed E-state index contributed by atoms with van der Waals surface area (Å²) in [7, 11) is 0. The van der Waals surface area contributed by atoms with Gasteiger partial charge in [-0.1, -0.05) is 56.8 Å². The number of hydrogen-bond donors (Lipinski definition) is 0. The number of allylic oxidation sites excluding steroid dienone is 2. The topological polar surface area (TPSA) is 0 Å². The second kappa shape index (κ2) is 3.65. The lowest BCUT2D eigenvalue weighted by atomic mass is 9.70. The Morgan fingerprint density at radius 3 is 2.35 bits per heavy atom. The molecule has 1 aromatic carbocycles. The van der Waals surface area contributed by atoms with Crippen molar-refractivity contribution in [3.63, 3.8) is 0 Å². The van der Waals surface area contributed by atoms with Gasteiger partial charge in [-0.2, -0.15) is 0 Å². The number of fused-ring (bicyclic) bond motifs is 2. The van der Waals surface area contributed by atoms with Crippen LogP contribution in [0.25, 0.3) is 0 Å². The maximum absolute atomic E-state index is 2.54. The van der Waals surface area contributed by atoms with Crippen LogP contribution >= 0.6 is 11.8 Å². The minimum Gasteiger partial charge on any atom is -0.0943 e. The Morgan fingerprint density at radius 2 is 1.82 bits per heavy atom. The average molecular weight is 244 g/mol. The SMILES string of the molecule is CC1(C)[C@H]2C=C(Sc3ccccc3)[C@]1(C)CC2. The van der Waals surface area contributed by atoms with Gasteiger partial charge in [0.1, 0.15) is 0 Å². The number of rotatable bonds is 2. The van der Waals surface area contributed by atoms with Crippen LogP contribution in [0.15, 0.2) is 46.2 Å². The molecular formula is C16H20S. The Hall–Kier alpha value is -0.690. The zero-order valence-electron chi connectivity index (χ0n) is 10.9. The maximum Gasteiger partial charge on any atom is 0.0119 e. The Bertz CT molecular complexity index is 458. The molecule has 0 N–H and O–H groups in total. The predicted molar refractivity (Wildman–Crippen MR) is 75.0 cm³/mol. The molecule has 17 heavy (non-hydrogen) atoms. The van der Waals surface area contributed by atoms with E-state index in [9.17, 15) is 0 Å². The fourth-order valence-electron chi connectivity index (χ4n) is 3.40. The van der Waals surface area contributed by atoms with Crippen LogP contribution in [0.2, 0.25) is 0 Å². The van der Waals surface area contributed by atoms with Gasteiger partial charge in [0.15, 0.2) is 0 Å². The Labute approximate surface area is 109 Å². The van der Waals surface area contributed by atoms with Crippen LogP contribution < -0.4 is 0 Å². The van der Waals surface area contributed by atoms with Crippen LogP contribution in [0.4, 0.5) is 0 Å². The zero-order valence-corrected chi connectivity index (χ0v) is 11.7. The van der Waals surface area contributed by atoms with Gasteiger partial charge in [0.2, 0.25) is 0 Å². The highest BCUT2D eigenvalue weighted by atomic mass is 32.2. The molecule has 1 saturated carbocycles. The molecule has 90 valence electrons. The molecule has 1 fully saturated rings. The summed E-state index contributed by atoms with van der Waals surface area (Å²) in [4.78, 5) is 2.98.